The monoisotopic (exact) mass is 612 g/mol. The number of carbonyl (C=O) groups is 2. The smallest absolute Gasteiger partial charge is 0.311 e. The molecular formula is C31H40N4O9. The Kier molecular flexibility index (Phi) is 15.5. The fourth-order valence-electron chi connectivity index (χ4n) is 4.16. The SMILES string of the molecule is COc1cc(CCC=O)c(C)cc1N.COc1cc(CCC=O)c(C)cc1[N+](=O)[O-].COc1cc(CN)c(C)cc1[N+](=O)[O-]. The number of rotatable bonds is 12. The summed E-state index contributed by atoms with van der Waals surface area (Å²) in [5.74, 6) is 1.16. The third-order valence-electron chi connectivity index (χ3n) is 6.64. The Morgan fingerprint density at radius 2 is 1.02 bits per heavy atom. The largest absolute Gasteiger partial charge is 0.495 e. The number of nitrogens with two attached hydrogens (primary N) is 2. The van der Waals surface area contributed by atoms with Gasteiger partial charge in [-0.2, -0.15) is 0 Å². The normalized spacial score (nSPS) is 9.89. The first-order valence-electron chi connectivity index (χ1n) is 13.5. The number of nitrogens with zero attached hydrogens (tertiary/aromatic N) is 2. The van der Waals surface area contributed by atoms with Crippen molar-refractivity contribution in [1.82, 2.24) is 0 Å². The molecule has 0 aliphatic heterocycles. The Morgan fingerprint density at radius 1 is 0.659 bits per heavy atom. The van der Waals surface area contributed by atoms with Gasteiger partial charge in [-0.1, -0.05) is 0 Å². The summed E-state index contributed by atoms with van der Waals surface area (Å²) in [4.78, 5) is 40.9. The maximum atomic E-state index is 10.7. The van der Waals surface area contributed by atoms with Crippen LogP contribution in [0.1, 0.15) is 46.2 Å². The second kappa shape index (κ2) is 18.5. The Labute approximate surface area is 256 Å². The van der Waals surface area contributed by atoms with E-state index in [1.54, 1.807) is 33.1 Å². The molecule has 0 fully saturated rings. The summed E-state index contributed by atoms with van der Waals surface area (Å²) in [7, 11) is 4.38. The summed E-state index contributed by atoms with van der Waals surface area (Å²) in [6, 6.07) is 9.94. The molecule has 0 spiro atoms. The second-order valence-corrected chi connectivity index (χ2v) is 9.55. The van der Waals surface area contributed by atoms with E-state index in [1.165, 1.54) is 26.4 Å². The van der Waals surface area contributed by atoms with Gasteiger partial charge in [0.1, 0.15) is 18.3 Å². The predicted octanol–water partition coefficient (Wildman–Crippen LogP) is 5.13. The van der Waals surface area contributed by atoms with Crippen molar-refractivity contribution < 1.29 is 33.6 Å². The number of nitro groups is 2. The summed E-state index contributed by atoms with van der Waals surface area (Å²) in [6.07, 6.45) is 4.00. The van der Waals surface area contributed by atoms with Gasteiger partial charge in [-0.3, -0.25) is 20.2 Å². The fourth-order valence-corrected chi connectivity index (χ4v) is 4.16. The topological polar surface area (TPSA) is 200 Å². The zero-order chi connectivity index (χ0) is 33.4. The molecule has 0 bridgehead atoms. The van der Waals surface area contributed by atoms with E-state index in [0.29, 0.717) is 37.2 Å². The average Bonchev–Trinajstić information content (AvgIpc) is 3.00. The molecule has 0 saturated carbocycles. The molecule has 0 atom stereocenters. The number of aryl methyl sites for hydroxylation is 5. The molecule has 238 valence electrons. The molecule has 4 N–H and O–H groups in total. The highest BCUT2D eigenvalue weighted by Gasteiger charge is 2.17. The molecule has 0 aliphatic rings. The van der Waals surface area contributed by atoms with Crippen molar-refractivity contribution in [3.8, 4) is 17.2 Å². The molecule has 0 aliphatic carbocycles. The number of carbonyl (C=O) groups excluding carboxylic acids is 2. The third kappa shape index (κ3) is 10.7. The van der Waals surface area contributed by atoms with Crippen LogP contribution in [0.2, 0.25) is 0 Å². The van der Waals surface area contributed by atoms with E-state index in [4.69, 9.17) is 25.7 Å². The summed E-state index contributed by atoms with van der Waals surface area (Å²) >= 11 is 0. The van der Waals surface area contributed by atoms with E-state index in [2.05, 4.69) is 0 Å². The minimum Gasteiger partial charge on any atom is -0.495 e. The van der Waals surface area contributed by atoms with Gasteiger partial charge >= 0.3 is 11.4 Å². The molecule has 0 aromatic heterocycles. The molecular weight excluding hydrogens is 572 g/mol. The lowest BCUT2D eigenvalue weighted by Crippen LogP contribution is -2.02. The lowest BCUT2D eigenvalue weighted by molar-refractivity contribution is -0.385. The van der Waals surface area contributed by atoms with Crippen LogP contribution >= 0.6 is 0 Å². The van der Waals surface area contributed by atoms with Crippen LogP contribution in [-0.4, -0.2) is 43.7 Å². The van der Waals surface area contributed by atoms with Crippen LogP contribution in [0.5, 0.6) is 17.2 Å². The number of nitro benzene ring substituents is 2. The molecule has 0 saturated heterocycles. The van der Waals surface area contributed by atoms with Crippen LogP contribution in [0, 0.1) is 41.0 Å². The van der Waals surface area contributed by atoms with Crippen molar-refractivity contribution in [1.29, 1.82) is 0 Å². The minimum absolute atomic E-state index is 0.0257. The minimum atomic E-state index is -0.477. The van der Waals surface area contributed by atoms with Crippen LogP contribution in [0.4, 0.5) is 17.1 Å². The molecule has 0 amide bonds. The van der Waals surface area contributed by atoms with Crippen molar-refractivity contribution >= 4 is 29.6 Å². The fraction of sp³-hybridized carbons (Fsp3) is 0.355. The van der Waals surface area contributed by atoms with Gasteiger partial charge in [-0.25, -0.2) is 0 Å². The van der Waals surface area contributed by atoms with Gasteiger partial charge in [-0.05, 0) is 91.3 Å². The number of benzene rings is 3. The van der Waals surface area contributed by atoms with E-state index in [1.807, 2.05) is 19.1 Å². The van der Waals surface area contributed by atoms with Crippen molar-refractivity contribution in [3.05, 3.63) is 90.0 Å². The maximum absolute atomic E-state index is 10.7. The standard InChI is InChI=1S/C11H13NO4.C11H15NO2.C9H12N2O3/c1-8-6-10(12(14)15)11(16-2)7-9(8)4-3-5-13;1-8-6-10(12)11(14-2)7-9(8)4-3-5-13;1-6-3-8(11(12)13)9(14-2)4-7(6)5-10/h5-7H,3-4H2,1-2H3;5-7H,3-4,12H2,1-2H3;3-4H,5,10H2,1-2H3. The number of anilines is 1. The summed E-state index contributed by atoms with van der Waals surface area (Å²) in [6.45, 7) is 5.90. The first-order chi connectivity index (χ1) is 20.9. The summed E-state index contributed by atoms with van der Waals surface area (Å²) in [5.41, 5.74) is 17.4. The Hall–Kier alpha value is -5.04. The van der Waals surface area contributed by atoms with Crippen LogP contribution in [0.3, 0.4) is 0 Å². The zero-order valence-electron chi connectivity index (χ0n) is 25.9. The molecule has 13 nitrogen and oxygen atoms in total. The predicted molar refractivity (Wildman–Crippen MR) is 168 cm³/mol. The quantitative estimate of drug-likeness (QED) is 0.119. The number of aldehydes is 2. The van der Waals surface area contributed by atoms with Crippen LogP contribution in [0.25, 0.3) is 0 Å². The number of methoxy groups -OCH3 is 3. The van der Waals surface area contributed by atoms with E-state index >= 15 is 0 Å². The van der Waals surface area contributed by atoms with Crippen molar-refractivity contribution in [3.63, 3.8) is 0 Å². The van der Waals surface area contributed by atoms with Gasteiger partial charge in [0.25, 0.3) is 0 Å². The second-order valence-electron chi connectivity index (χ2n) is 9.55. The Balaban J connectivity index is 0.000000331. The molecule has 44 heavy (non-hydrogen) atoms. The van der Waals surface area contributed by atoms with Crippen molar-refractivity contribution in [2.24, 2.45) is 5.73 Å². The highest BCUT2D eigenvalue weighted by Crippen LogP contribution is 2.31. The molecule has 3 aromatic rings. The maximum Gasteiger partial charge on any atom is 0.311 e. The van der Waals surface area contributed by atoms with Gasteiger partial charge in [0.2, 0.25) is 0 Å². The third-order valence-corrected chi connectivity index (χ3v) is 6.64. The Morgan fingerprint density at radius 3 is 1.39 bits per heavy atom. The number of nitrogen functional groups attached to an aromatic ring is 1. The molecule has 3 aromatic carbocycles. The molecule has 0 radical (unpaired) electrons. The van der Waals surface area contributed by atoms with Crippen LogP contribution in [0.15, 0.2) is 36.4 Å². The zero-order valence-corrected chi connectivity index (χ0v) is 25.9. The van der Waals surface area contributed by atoms with E-state index in [0.717, 1.165) is 52.4 Å². The van der Waals surface area contributed by atoms with Gasteiger partial charge in [0.05, 0.1) is 36.9 Å². The van der Waals surface area contributed by atoms with Crippen LogP contribution in [-0.2, 0) is 29.0 Å². The highest BCUT2D eigenvalue weighted by atomic mass is 16.6. The molecule has 13 heteroatoms. The van der Waals surface area contributed by atoms with Gasteiger partial charge in [0, 0.05) is 31.5 Å². The van der Waals surface area contributed by atoms with E-state index in [-0.39, 0.29) is 22.9 Å². The highest BCUT2D eigenvalue weighted by molar-refractivity contribution is 5.58. The molecule has 0 unspecified atom stereocenters. The van der Waals surface area contributed by atoms with Gasteiger partial charge in [0.15, 0.2) is 11.5 Å². The first-order valence-corrected chi connectivity index (χ1v) is 13.5. The summed E-state index contributed by atoms with van der Waals surface area (Å²) in [5, 5.41) is 21.4. The van der Waals surface area contributed by atoms with Gasteiger partial charge in [-0.15, -0.1) is 0 Å². The lowest BCUT2D eigenvalue weighted by Gasteiger charge is -2.09. The van der Waals surface area contributed by atoms with Crippen molar-refractivity contribution in [2.75, 3.05) is 27.1 Å². The average molecular weight is 613 g/mol. The number of hydrogen-bond acceptors (Lipinski definition) is 11. The van der Waals surface area contributed by atoms with Crippen LogP contribution < -0.4 is 25.7 Å². The first kappa shape index (κ1) is 37.0. The van der Waals surface area contributed by atoms with E-state index in [9.17, 15) is 29.8 Å². The number of ether oxygens (including phenoxy) is 3. The molecule has 3 rings (SSSR count). The lowest BCUT2D eigenvalue weighted by atomic mass is 10.0. The number of hydrogen-bond donors (Lipinski definition) is 2. The van der Waals surface area contributed by atoms with Gasteiger partial charge < -0.3 is 35.3 Å². The molecule has 0 heterocycles. The Bertz CT molecular complexity index is 1460. The van der Waals surface area contributed by atoms with Crippen molar-refractivity contribution in [2.45, 2.75) is 53.0 Å². The van der Waals surface area contributed by atoms with E-state index < -0.39 is 9.85 Å². The summed E-state index contributed by atoms with van der Waals surface area (Å²) < 4.78 is 15.0.